The van der Waals surface area contributed by atoms with Gasteiger partial charge in [0.1, 0.15) is 0 Å². The Hall–Kier alpha value is -1.69. The summed E-state index contributed by atoms with van der Waals surface area (Å²) >= 11 is 0. The maximum atomic E-state index is 11.3. The van der Waals surface area contributed by atoms with Gasteiger partial charge in [0.05, 0.1) is 6.04 Å². The Balaban J connectivity index is 1.85. The van der Waals surface area contributed by atoms with Crippen LogP contribution in [0, 0.1) is 0 Å². The third-order valence-electron chi connectivity index (χ3n) is 2.34. The molecule has 0 bridgehead atoms. The Morgan fingerprint density at radius 2 is 2.40 bits per heavy atom. The largest absolute Gasteiger partial charge is 0.300 e. The van der Waals surface area contributed by atoms with E-state index in [1.165, 1.54) is 0 Å². The van der Waals surface area contributed by atoms with Crippen LogP contribution in [-0.4, -0.2) is 28.1 Å². The van der Waals surface area contributed by atoms with Gasteiger partial charge in [-0.25, -0.2) is 0 Å². The highest BCUT2D eigenvalue weighted by Crippen LogP contribution is 2.05. The first kappa shape index (κ1) is 9.85. The molecule has 0 aliphatic carbocycles. The molecule has 1 atom stereocenters. The van der Waals surface area contributed by atoms with Gasteiger partial charge in [-0.05, 0) is 12.5 Å². The molecule has 2 heterocycles. The minimum absolute atomic E-state index is 0.195. The molecular formula is C9H12N4O2. The van der Waals surface area contributed by atoms with Gasteiger partial charge < -0.3 is 5.32 Å². The van der Waals surface area contributed by atoms with E-state index in [0.717, 1.165) is 5.69 Å². The van der Waals surface area contributed by atoms with E-state index in [4.69, 9.17) is 0 Å². The molecule has 1 saturated heterocycles. The summed E-state index contributed by atoms with van der Waals surface area (Å²) in [6.07, 6.45) is 2.60. The molecule has 0 radical (unpaired) electrons. The predicted octanol–water partition coefficient (Wildman–Crippen LogP) is -0.695. The van der Waals surface area contributed by atoms with Crippen molar-refractivity contribution in [3.63, 3.8) is 0 Å². The van der Waals surface area contributed by atoms with E-state index in [1.807, 2.05) is 6.07 Å². The van der Waals surface area contributed by atoms with Crippen LogP contribution >= 0.6 is 0 Å². The maximum Gasteiger partial charge on any atom is 0.243 e. The summed E-state index contributed by atoms with van der Waals surface area (Å²) in [4.78, 5) is 22.2. The summed E-state index contributed by atoms with van der Waals surface area (Å²) in [5.41, 5.74) is 0.916. The number of rotatable bonds is 3. The number of hydrogen-bond donors (Lipinski definition) is 3. The molecule has 1 aromatic heterocycles. The van der Waals surface area contributed by atoms with Gasteiger partial charge in [-0.1, -0.05) is 0 Å². The lowest BCUT2D eigenvalue weighted by molar-refractivity contribution is -0.134. The van der Waals surface area contributed by atoms with Gasteiger partial charge in [0.15, 0.2) is 0 Å². The maximum absolute atomic E-state index is 11.3. The number of hydrogen-bond acceptors (Lipinski definition) is 4. The minimum Gasteiger partial charge on any atom is -0.300 e. The molecule has 1 aliphatic heterocycles. The van der Waals surface area contributed by atoms with Crippen molar-refractivity contribution < 1.29 is 9.59 Å². The van der Waals surface area contributed by atoms with Crippen LogP contribution in [0.15, 0.2) is 12.3 Å². The highest BCUT2D eigenvalue weighted by molar-refractivity contribution is 6.00. The molecule has 3 N–H and O–H groups in total. The van der Waals surface area contributed by atoms with Crippen LogP contribution in [-0.2, 0) is 16.1 Å². The zero-order chi connectivity index (χ0) is 10.7. The number of aromatic nitrogens is 2. The molecule has 2 rings (SSSR count). The van der Waals surface area contributed by atoms with E-state index < -0.39 is 0 Å². The van der Waals surface area contributed by atoms with Crippen LogP contribution in [0.2, 0.25) is 0 Å². The summed E-state index contributed by atoms with van der Waals surface area (Å²) in [6, 6.07) is 1.55. The third-order valence-corrected chi connectivity index (χ3v) is 2.34. The molecule has 1 aromatic rings. The molecule has 0 spiro atoms. The van der Waals surface area contributed by atoms with Crippen LogP contribution in [0.3, 0.4) is 0 Å². The lowest BCUT2D eigenvalue weighted by Crippen LogP contribution is -2.50. The molecular weight excluding hydrogens is 196 g/mol. The van der Waals surface area contributed by atoms with Crippen LogP contribution in [0.25, 0.3) is 0 Å². The van der Waals surface area contributed by atoms with Crippen molar-refractivity contribution in [2.75, 3.05) is 0 Å². The molecule has 1 aliphatic rings. The van der Waals surface area contributed by atoms with Crippen molar-refractivity contribution in [3.05, 3.63) is 18.0 Å². The fraction of sp³-hybridized carbons (Fsp3) is 0.444. The van der Waals surface area contributed by atoms with E-state index in [-0.39, 0.29) is 17.9 Å². The first-order valence-electron chi connectivity index (χ1n) is 4.81. The summed E-state index contributed by atoms with van der Waals surface area (Å²) < 4.78 is 0. The number of carbonyl (C=O) groups is 2. The molecule has 15 heavy (non-hydrogen) atoms. The van der Waals surface area contributed by atoms with Gasteiger partial charge >= 0.3 is 0 Å². The van der Waals surface area contributed by atoms with Crippen molar-refractivity contribution in [1.29, 1.82) is 0 Å². The zero-order valence-corrected chi connectivity index (χ0v) is 8.12. The van der Waals surface area contributed by atoms with E-state index >= 15 is 0 Å². The molecule has 1 fully saturated rings. The second-order valence-corrected chi connectivity index (χ2v) is 3.47. The molecule has 2 amide bonds. The fourth-order valence-electron chi connectivity index (χ4n) is 1.50. The van der Waals surface area contributed by atoms with Crippen LogP contribution in [0.1, 0.15) is 18.5 Å². The smallest absolute Gasteiger partial charge is 0.243 e. The van der Waals surface area contributed by atoms with Gasteiger partial charge in [0.2, 0.25) is 11.8 Å². The SMILES string of the molecule is O=C1CCC(NCc2ccn[nH]2)C(=O)N1. The number of carbonyl (C=O) groups excluding carboxylic acids is 2. The average molecular weight is 208 g/mol. The highest BCUT2D eigenvalue weighted by atomic mass is 16.2. The Morgan fingerprint density at radius 3 is 3.07 bits per heavy atom. The minimum atomic E-state index is -0.286. The summed E-state index contributed by atoms with van der Waals surface area (Å²) in [5, 5.41) is 11.9. The number of nitrogens with zero attached hydrogens (tertiary/aromatic N) is 1. The molecule has 6 nitrogen and oxygen atoms in total. The number of imide groups is 1. The van der Waals surface area contributed by atoms with Crippen molar-refractivity contribution in [2.45, 2.75) is 25.4 Å². The average Bonchev–Trinajstić information content (AvgIpc) is 2.69. The number of piperidine rings is 1. The third kappa shape index (κ3) is 2.41. The fourth-order valence-corrected chi connectivity index (χ4v) is 1.50. The number of H-pyrrole nitrogens is 1. The first-order chi connectivity index (χ1) is 7.25. The molecule has 6 heteroatoms. The van der Waals surface area contributed by atoms with Gasteiger partial charge in [0.25, 0.3) is 0 Å². The molecule has 1 unspecified atom stereocenters. The lowest BCUT2D eigenvalue weighted by Gasteiger charge is -2.21. The lowest BCUT2D eigenvalue weighted by atomic mass is 10.1. The van der Waals surface area contributed by atoms with Gasteiger partial charge in [0, 0.05) is 24.9 Å². The van der Waals surface area contributed by atoms with Crippen molar-refractivity contribution in [2.24, 2.45) is 0 Å². The number of amides is 2. The quantitative estimate of drug-likeness (QED) is 0.573. The second kappa shape index (κ2) is 4.22. The normalized spacial score (nSPS) is 21.5. The zero-order valence-electron chi connectivity index (χ0n) is 8.12. The Kier molecular flexibility index (Phi) is 2.77. The van der Waals surface area contributed by atoms with Crippen molar-refractivity contribution in [3.8, 4) is 0 Å². The van der Waals surface area contributed by atoms with Crippen LogP contribution in [0.5, 0.6) is 0 Å². The number of aromatic amines is 1. The predicted molar refractivity (Wildman–Crippen MR) is 51.6 cm³/mol. The molecule has 0 saturated carbocycles. The number of nitrogens with one attached hydrogen (secondary N) is 3. The van der Waals surface area contributed by atoms with E-state index in [2.05, 4.69) is 20.8 Å². The molecule has 0 aromatic carbocycles. The van der Waals surface area contributed by atoms with Crippen molar-refractivity contribution >= 4 is 11.8 Å². The summed E-state index contributed by atoms with van der Waals surface area (Å²) in [7, 11) is 0. The van der Waals surface area contributed by atoms with Crippen LogP contribution in [0.4, 0.5) is 0 Å². The topological polar surface area (TPSA) is 86.9 Å². The summed E-state index contributed by atoms with van der Waals surface area (Å²) in [5.74, 6) is -0.439. The van der Waals surface area contributed by atoms with Crippen LogP contribution < -0.4 is 10.6 Å². The van der Waals surface area contributed by atoms with Gasteiger partial charge in [-0.15, -0.1) is 0 Å². The van der Waals surface area contributed by atoms with Gasteiger partial charge in [-0.3, -0.25) is 20.0 Å². The highest BCUT2D eigenvalue weighted by Gasteiger charge is 2.25. The monoisotopic (exact) mass is 208 g/mol. The summed E-state index contributed by atoms with van der Waals surface area (Å²) in [6.45, 7) is 0.548. The standard InChI is InChI=1S/C9H12N4O2/c14-8-2-1-7(9(15)12-8)10-5-6-3-4-11-13-6/h3-4,7,10H,1-2,5H2,(H,11,13)(H,12,14,15). The van der Waals surface area contributed by atoms with Gasteiger partial charge in [-0.2, -0.15) is 5.10 Å². The van der Waals surface area contributed by atoms with E-state index in [0.29, 0.717) is 19.4 Å². The van der Waals surface area contributed by atoms with E-state index in [9.17, 15) is 9.59 Å². The van der Waals surface area contributed by atoms with E-state index in [1.54, 1.807) is 6.20 Å². The second-order valence-electron chi connectivity index (χ2n) is 3.47. The Labute approximate surface area is 86.4 Å². The Morgan fingerprint density at radius 1 is 1.53 bits per heavy atom. The Bertz CT molecular complexity index is 360. The van der Waals surface area contributed by atoms with Crippen molar-refractivity contribution in [1.82, 2.24) is 20.8 Å². The first-order valence-corrected chi connectivity index (χ1v) is 4.81. The molecule has 80 valence electrons.